The van der Waals surface area contributed by atoms with Crippen LogP contribution >= 0.6 is 0 Å². The third kappa shape index (κ3) is 5.93. The Kier molecular flexibility index (Phi) is 8.43. The lowest BCUT2D eigenvalue weighted by molar-refractivity contribution is -0.119. The third-order valence-electron chi connectivity index (χ3n) is 7.67. The minimum atomic E-state index is -0.289. The van der Waals surface area contributed by atoms with Crippen molar-refractivity contribution in [2.75, 3.05) is 76.6 Å². The maximum absolute atomic E-state index is 13.3. The van der Waals surface area contributed by atoms with Gasteiger partial charge in [-0.2, -0.15) is 5.26 Å². The Morgan fingerprint density at radius 3 is 2.38 bits per heavy atom. The van der Waals surface area contributed by atoms with Crippen LogP contribution in [0.3, 0.4) is 0 Å². The SMILES string of the molecule is COc1ccc(/C(Nc2ccc(N(C)C(=O)CN3CCN(C)CC3)cc2)=C2/C(=O)Nc3cc(C#N)ccc32)cc1OC. The molecule has 0 radical (unpaired) electrons. The maximum atomic E-state index is 13.3. The topological polar surface area (TPSA) is 110 Å². The second-order valence-electron chi connectivity index (χ2n) is 10.4. The number of benzene rings is 3. The van der Waals surface area contributed by atoms with Crippen molar-refractivity contribution >= 4 is 40.1 Å². The van der Waals surface area contributed by atoms with E-state index >= 15 is 0 Å². The second kappa shape index (κ2) is 12.3. The molecule has 3 aromatic rings. The number of methoxy groups -OCH3 is 2. The fourth-order valence-electron chi connectivity index (χ4n) is 5.12. The fourth-order valence-corrected chi connectivity index (χ4v) is 5.12. The van der Waals surface area contributed by atoms with Crippen LogP contribution in [0.25, 0.3) is 11.3 Å². The largest absolute Gasteiger partial charge is 0.493 e. The summed E-state index contributed by atoms with van der Waals surface area (Å²) >= 11 is 0. The minimum Gasteiger partial charge on any atom is -0.493 e. The molecule has 216 valence electrons. The molecular formula is C32H34N6O4. The van der Waals surface area contributed by atoms with Crippen LogP contribution in [0.2, 0.25) is 0 Å². The Balaban J connectivity index is 1.45. The van der Waals surface area contributed by atoms with E-state index in [9.17, 15) is 14.9 Å². The highest BCUT2D eigenvalue weighted by molar-refractivity contribution is 6.37. The number of nitrogens with zero attached hydrogens (tertiary/aromatic N) is 4. The van der Waals surface area contributed by atoms with Gasteiger partial charge in [-0.1, -0.05) is 6.07 Å². The van der Waals surface area contributed by atoms with Gasteiger partial charge in [0.2, 0.25) is 5.91 Å². The lowest BCUT2D eigenvalue weighted by Crippen LogP contribution is -2.48. The molecule has 0 saturated carbocycles. The van der Waals surface area contributed by atoms with Crippen LogP contribution in [0.1, 0.15) is 16.7 Å². The Bertz CT molecular complexity index is 1570. The first-order chi connectivity index (χ1) is 20.3. The highest BCUT2D eigenvalue weighted by atomic mass is 16.5. The molecule has 10 heteroatoms. The quantitative estimate of drug-likeness (QED) is 0.397. The molecule has 2 amide bonds. The molecule has 0 atom stereocenters. The van der Waals surface area contributed by atoms with Gasteiger partial charge in [0.15, 0.2) is 11.5 Å². The first kappa shape index (κ1) is 28.7. The molecule has 10 nitrogen and oxygen atoms in total. The second-order valence-corrected chi connectivity index (χ2v) is 10.4. The van der Waals surface area contributed by atoms with E-state index in [2.05, 4.69) is 33.6 Å². The number of likely N-dealkylation sites (N-methyl/N-ethyl adjacent to an activating group) is 2. The van der Waals surface area contributed by atoms with E-state index in [1.165, 1.54) is 0 Å². The highest BCUT2D eigenvalue weighted by Crippen LogP contribution is 2.40. The van der Waals surface area contributed by atoms with Crippen LogP contribution in [-0.2, 0) is 9.59 Å². The summed E-state index contributed by atoms with van der Waals surface area (Å²) in [5.74, 6) is 0.825. The summed E-state index contributed by atoms with van der Waals surface area (Å²) in [6.07, 6.45) is 0. The van der Waals surface area contributed by atoms with Gasteiger partial charge >= 0.3 is 0 Å². The third-order valence-corrected chi connectivity index (χ3v) is 7.67. The van der Waals surface area contributed by atoms with Crippen molar-refractivity contribution < 1.29 is 19.1 Å². The Morgan fingerprint density at radius 1 is 1.00 bits per heavy atom. The molecule has 0 aliphatic carbocycles. The molecule has 2 aliphatic heterocycles. The van der Waals surface area contributed by atoms with Crippen LogP contribution in [0, 0.1) is 11.3 Å². The van der Waals surface area contributed by atoms with E-state index in [1.807, 2.05) is 36.4 Å². The first-order valence-electron chi connectivity index (χ1n) is 13.7. The Hall–Kier alpha value is -4.85. The molecule has 0 bridgehead atoms. The maximum Gasteiger partial charge on any atom is 0.258 e. The molecule has 0 spiro atoms. The zero-order chi connectivity index (χ0) is 29.8. The van der Waals surface area contributed by atoms with Crippen molar-refractivity contribution in [1.29, 1.82) is 5.26 Å². The number of nitrogens with one attached hydrogen (secondary N) is 2. The summed E-state index contributed by atoms with van der Waals surface area (Å²) in [4.78, 5) is 32.4. The Morgan fingerprint density at radius 2 is 1.71 bits per heavy atom. The summed E-state index contributed by atoms with van der Waals surface area (Å²) in [6, 6.07) is 20.2. The first-order valence-corrected chi connectivity index (χ1v) is 13.7. The van der Waals surface area contributed by atoms with Crippen molar-refractivity contribution in [1.82, 2.24) is 9.80 Å². The number of anilines is 3. The number of carbonyl (C=O) groups excluding carboxylic acids is 2. The van der Waals surface area contributed by atoms with Crippen LogP contribution < -0.4 is 25.0 Å². The van der Waals surface area contributed by atoms with Gasteiger partial charge in [-0.05, 0) is 61.6 Å². The molecule has 1 fully saturated rings. The summed E-state index contributed by atoms with van der Waals surface area (Å²) in [5, 5.41) is 15.7. The number of ether oxygens (including phenoxy) is 2. The van der Waals surface area contributed by atoms with E-state index in [4.69, 9.17) is 9.47 Å². The number of piperazine rings is 1. The highest BCUT2D eigenvalue weighted by Gasteiger charge is 2.29. The molecular weight excluding hydrogens is 532 g/mol. The van der Waals surface area contributed by atoms with Crippen LogP contribution in [0.4, 0.5) is 17.1 Å². The van der Waals surface area contributed by atoms with E-state index < -0.39 is 0 Å². The number of amides is 2. The van der Waals surface area contributed by atoms with Crippen LogP contribution in [0.15, 0.2) is 60.7 Å². The van der Waals surface area contributed by atoms with E-state index in [-0.39, 0.29) is 11.8 Å². The number of hydrogen-bond acceptors (Lipinski definition) is 8. The van der Waals surface area contributed by atoms with Gasteiger partial charge in [0.25, 0.3) is 5.91 Å². The summed E-state index contributed by atoms with van der Waals surface area (Å²) in [5.41, 5.74) is 4.91. The molecule has 2 aliphatic rings. The summed E-state index contributed by atoms with van der Waals surface area (Å²) < 4.78 is 11.0. The zero-order valence-corrected chi connectivity index (χ0v) is 24.2. The number of carbonyl (C=O) groups is 2. The van der Waals surface area contributed by atoms with Crippen molar-refractivity contribution in [3.63, 3.8) is 0 Å². The van der Waals surface area contributed by atoms with Gasteiger partial charge in [-0.3, -0.25) is 14.5 Å². The number of hydrogen-bond donors (Lipinski definition) is 2. The number of rotatable bonds is 8. The minimum absolute atomic E-state index is 0.0318. The summed E-state index contributed by atoms with van der Waals surface area (Å²) in [6.45, 7) is 4.04. The molecule has 5 rings (SSSR count). The summed E-state index contributed by atoms with van der Waals surface area (Å²) in [7, 11) is 7.00. The lowest BCUT2D eigenvalue weighted by Gasteiger charge is -2.32. The van der Waals surface area contributed by atoms with Crippen LogP contribution in [-0.4, -0.2) is 82.7 Å². The zero-order valence-electron chi connectivity index (χ0n) is 24.2. The van der Waals surface area contributed by atoms with Crippen molar-refractivity contribution in [3.8, 4) is 17.6 Å². The van der Waals surface area contributed by atoms with Crippen molar-refractivity contribution in [2.24, 2.45) is 0 Å². The molecule has 3 aromatic carbocycles. The van der Waals surface area contributed by atoms with Crippen molar-refractivity contribution in [3.05, 3.63) is 77.4 Å². The molecule has 0 aromatic heterocycles. The van der Waals surface area contributed by atoms with Gasteiger partial charge in [0.1, 0.15) is 0 Å². The van der Waals surface area contributed by atoms with E-state index in [1.54, 1.807) is 50.4 Å². The predicted octanol–water partition coefficient (Wildman–Crippen LogP) is 3.72. The normalized spacial score (nSPS) is 16.2. The smallest absolute Gasteiger partial charge is 0.258 e. The van der Waals surface area contributed by atoms with Gasteiger partial charge in [-0.15, -0.1) is 0 Å². The molecule has 1 saturated heterocycles. The van der Waals surface area contributed by atoms with Crippen molar-refractivity contribution in [2.45, 2.75) is 0 Å². The van der Waals surface area contributed by atoms with Crippen LogP contribution in [0.5, 0.6) is 11.5 Å². The molecule has 42 heavy (non-hydrogen) atoms. The average molecular weight is 567 g/mol. The molecule has 2 N–H and O–H groups in total. The monoisotopic (exact) mass is 566 g/mol. The number of nitriles is 1. The fraction of sp³-hybridized carbons (Fsp3) is 0.281. The standard InChI is InChI=1S/C32H34N6O4/c1-36-13-15-38(16-14-36)20-29(39)37(2)24-9-7-23(8-10-24)34-31(22-6-12-27(41-3)28(18-22)42-4)30-25-11-5-21(19-33)17-26(25)35-32(30)40/h5-12,17-18,34H,13-16,20H2,1-4H3,(H,35,40)/b31-30-. The van der Waals surface area contributed by atoms with E-state index in [0.29, 0.717) is 51.7 Å². The Labute approximate surface area is 245 Å². The van der Waals surface area contributed by atoms with Gasteiger partial charge < -0.3 is 29.9 Å². The lowest BCUT2D eigenvalue weighted by atomic mass is 9.98. The predicted molar refractivity (Wildman–Crippen MR) is 164 cm³/mol. The molecule has 0 unspecified atom stereocenters. The van der Waals surface area contributed by atoms with Gasteiger partial charge in [-0.25, -0.2) is 0 Å². The van der Waals surface area contributed by atoms with E-state index in [0.717, 1.165) is 37.6 Å². The number of fused-ring (bicyclic) bond motifs is 1. The van der Waals surface area contributed by atoms with Gasteiger partial charge in [0, 0.05) is 55.7 Å². The molecule has 2 heterocycles. The average Bonchev–Trinajstić information content (AvgIpc) is 3.34. The van der Waals surface area contributed by atoms with Gasteiger partial charge in [0.05, 0.1) is 49.4 Å².